The Hall–Kier alpha value is -1.50. The fourth-order valence-electron chi connectivity index (χ4n) is 3.46. The van der Waals surface area contributed by atoms with Crippen molar-refractivity contribution in [3.63, 3.8) is 0 Å². The van der Waals surface area contributed by atoms with Gasteiger partial charge in [0.1, 0.15) is 0 Å². The molecule has 0 radical (unpaired) electrons. The molecule has 136 valence electrons. The zero-order valence-electron chi connectivity index (χ0n) is 15.2. The van der Waals surface area contributed by atoms with Gasteiger partial charge in [0.2, 0.25) is 5.75 Å². The zero-order chi connectivity index (χ0) is 17.7. The number of methoxy groups -OCH3 is 2. The Morgan fingerprint density at radius 1 is 1.17 bits per heavy atom. The molecule has 0 aromatic heterocycles. The van der Waals surface area contributed by atoms with Crippen LogP contribution in [0.4, 0.5) is 0 Å². The Labute approximate surface area is 144 Å². The van der Waals surface area contributed by atoms with Crippen molar-refractivity contribution in [1.29, 1.82) is 0 Å². The SMILES string of the molecule is COc1cc(CN2CCN(C(C)C)C(CCO)C2)cc(OC)c1O. The van der Waals surface area contributed by atoms with Gasteiger partial charge < -0.3 is 19.7 Å². The molecule has 1 unspecified atom stereocenters. The van der Waals surface area contributed by atoms with Gasteiger partial charge in [-0.05, 0) is 38.0 Å². The Balaban J connectivity index is 2.11. The summed E-state index contributed by atoms with van der Waals surface area (Å²) < 4.78 is 10.5. The number of ether oxygens (including phenoxy) is 2. The van der Waals surface area contributed by atoms with E-state index in [0.717, 1.165) is 38.2 Å². The number of rotatable bonds is 7. The first kappa shape index (κ1) is 18.8. The third-order valence-electron chi connectivity index (χ3n) is 4.68. The summed E-state index contributed by atoms with van der Waals surface area (Å²) in [5.41, 5.74) is 1.04. The average molecular weight is 338 g/mol. The molecule has 2 N–H and O–H groups in total. The number of aromatic hydroxyl groups is 1. The van der Waals surface area contributed by atoms with Crippen LogP contribution >= 0.6 is 0 Å². The van der Waals surface area contributed by atoms with E-state index in [4.69, 9.17) is 9.47 Å². The molecule has 1 aliphatic rings. The molecule has 1 saturated heterocycles. The van der Waals surface area contributed by atoms with Crippen molar-refractivity contribution in [2.45, 2.75) is 38.9 Å². The van der Waals surface area contributed by atoms with E-state index in [1.54, 1.807) is 0 Å². The van der Waals surface area contributed by atoms with Gasteiger partial charge in [-0.2, -0.15) is 0 Å². The summed E-state index contributed by atoms with van der Waals surface area (Å²) >= 11 is 0. The Kier molecular flexibility index (Phi) is 6.71. The van der Waals surface area contributed by atoms with E-state index >= 15 is 0 Å². The van der Waals surface area contributed by atoms with Crippen LogP contribution in [0.5, 0.6) is 17.2 Å². The fourth-order valence-corrected chi connectivity index (χ4v) is 3.46. The van der Waals surface area contributed by atoms with E-state index in [-0.39, 0.29) is 12.4 Å². The highest BCUT2D eigenvalue weighted by Gasteiger charge is 2.28. The van der Waals surface area contributed by atoms with Crippen LogP contribution in [0.1, 0.15) is 25.8 Å². The molecule has 0 aliphatic carbocycles. The van der Waals surface area contributed by atoms with Crippen LogP contribution < -0.4 is 9.47 Å². The van der Waals surface area contributed by atoms with Crippen molar-refractivity contribution in [2.75, 3.05) is 40.5 Å². The molecular weight excluding hydrogens is 308 g/mol. The maximum absolute atomic E-state index is 10.0. The standard InChI is InChI=1S/C18H30N2O4/c1-13(2)20-7-6-19(12-15(20)5-8-21)11-14-9-16(23-3)18(22)17(10-14)24-4/h9-10,13,15,21-22H,5-8,11-12H2,1-4H3. The monoisotopic (exact) mass is 338 g/mol. The van der Waals surface area contributed by atoms with E-state index in [9.17, 15) is 10.2 Å². The number of phenolic OH excluding ortho intramolecular Hbond substituents is 1. The molecule has 2 rings (SSSR count). The molecule has 0 saturated carbocycles. The maximum atomic E-state index is 10.0. The summed E-state index contributed by atoms with van der Waals surface area (Å²) in [6.45, 7) is 8.28. The van der Waals surface area contributed by atoms with Gasteiger partial charge in [0.25, 0.3) is 0 Å². The fraction of sp³-hybridized carbons (Fsp3) is 0.667. The second-order valence-electron chi connectivity index (χ2n) is 6.58. The molecule has 0 amide bonds. The third kappa shape index (κ3) is 4.32. The molecule has 1 atom stereocenters. The summed E-state index contributed by atoms with van der Waals surface area (Å²) in [6, 6.07) is 4.56. The van der Waals surface area contributed by atoms with Crippen LogP contribution in [-0.4, -0.2) is 72.6 Å². The zero-order valence-corrected chi connectivity index (χ0v) is 15.2. The van der Waals surface area contributed by atoms with Crippen molar-refractivity contribution in [3.8, 4) is 17.2 Å². The van der Waals surface area contributed by atoms with Gasteiger partial charge in [0, 0.05) is 44.9 Å². The normalized spacial score (nSPS) is 19.7. The van der Waals surface area contributed by atoms with Crippen LogP contribution in [0, 0.1) is 0 Å². The van der Waals surface area contributed by atoms with Gasteiger partial charge in [-0.3, -0.25) is 9.80 Å². The maximum Gasteiger partial charge on any atom is 0.200 e. The summed E-state index contributed by atoms with van der Waals surface area (Å²) in [5.74, 6) is 0.890. The minimum atomic E-state index is 0.0338. The number of piperazine rings is 1. The predicted octanol–water partition coefficient (Wildman–Crippen LogP) is 1.69. The first-order valence-electron chi connectivity index (χ1n) is 8.53. The van der Waals surface area contributed by atoms with E-state index < -0.39 is 0 Å². The van der Waals surface area contributed by atoms with Crippen LogP contribution in [0.25, 0.3) is 0 Å². The van der Waals surface area contributed by atoms with E-state index in [2.05, 4.69) is 23.6 Å². The third-order valence-corrected chi connectivity index (χ3v) is 4.68. The van der Waals surface area contributed by atoms with E-state index in [1.165, 1.54) is 14.2 Å². The lowest BCUT2D eigenvalue weighted by Gasteiger charge is -2.43. The summed E-state index contributed by atoms with van der Waals surface area (Å²) in [5, 5.41) is 19.4. The lowest BCUT2D eigenvalue weighted by atomic mass is 10.1. The topological polar surface area (TPSA) is 65.4 Å². The molecular formula is C18H30N2O4. The molecule has 0 bridgehead atoms. The molecule has 1 aromatic carbocycles. The number of phenols is 1. The van der Waals surface area contributed by atoms with Gasteiger partial charge in [0.15, 0.2) is 11.5 Å². The highest BCUT2D eigenvalue weighted by molar-refractivity contribution is 5.52. The Morgan fingerprint density at radius 3 is 2.29 bits per heavy atom. The largest absolute Gasteiger partial charge is 0.502 e. The van der Waals surface area contributed by atoms with E-state index in [1.807, 2.05) is 12.1 Å². The smallest absolute Gasteiger partial charge is 0.200 e. The average Bonchev–Trinajstić information content (AvgIpc) is 2.56. The second-order valence-corrected chi connectivity index (χ2v) is 6.58. The van der Waals surface area contributed by atoms with Crippen LogP contribution in [0.2, 0.25) is 0 Å². The van der Waals surface area contributed by atoms with E-state index in [0.29, 0.717) is 23.6 Å². The summed E-state index contributed by atoms with van der Waals surface area (Å²) in [4.78, 5) is 4.84. The molecule has 1 heterocycles. The van der Waals surface area contributed by atoms with Crippen LogP contribution in [-0.2, 0) is 6.54 Å². The van der Waals surface area contributed by atoms with Crippen molar-refractivity contribution in [3.05, 3.63) is 17.7 Å². The molecule has 1 fully saturated rings. The molecule has 24 heavy (non-hydrogen) atoms. The minimum absolute atomic E-state index is 0.0338. The summed E-state index contributed by atoms with van der Waals surface area (Å²) in [6.07, 6.45) is 0.789. The molecule has 1 aliphatic heterocycles. The predicted molar refractivity (Wildman–Crippen MR) is 93.8 cm³/mol. The molecule has 6 heteroatoms. The number of hydrogen-bond acceptors (Lipinski definition) is 6. The van der Waals surface area contributed by atoms with Gasteiger partial charge in [-0.1, -0.05) is 0 Å². The highest BCUT2D eigenvalue weighted by Crippen LogP contribution is 2.37. The van der Waals surface area contributed by atoms with Crippen LogP contribution in [0.3, 0.4) is 0 Å². The summed E-state index contributed by atoms with van der Waals surface area (Å²) in [7, 11) is 3.08. The highest BCUT2D eigenvalue weighted by atomic mass is 16.5. The Morgan fingerprint density at radius 2 is 1.79 bits per heavy atom. The Bertz CT molecular complexity index is 511. The van der Waals surface area contributed by atoms with Crippen molar-refractivity contribution >= 4 is 0 Å². The lowest BCUT2D eigenvalue weighted by Crippen LogP contribution is -2.55. The van der Waals surface area contributed by atoms with Crippen molar-refractivity contribution < 1.29 is 19.7 Å². The number of aliphatic hydroxyl groups is 1. The van der Waals surface area contributed by atoms with Gasteiger partial charge in [0.05, 0.1) is 14.2 Å². The molecule has 6 nitrogen and oxygen atoms in total. The number of aliphatic hydroxyl groups excluding tert-OH is 1. The first-order chi connectivity index (χ1) is 11.5. The second kappa shape index (κ2) is 8.55. The van der Waals surface area contributed by atoms with Gasteiger partial charge in [-0.25, -0.2) is 0 Å². The lowest BCUT2D eigenvalue weighted by molar-refractivity contribution is 0.0349. The number of benzene rings is 1. The van der Waals surface area contributed by atoms with Gasteiger partial charge in [-0.15, -0.1) is 0 Å². The first-order valence-corrected chi connectivity index (χ1v) is 8.53. The molecule has 0 spiro atoms. The number of nitrogens with zero attached hydrogens (tertiary/aromatic N) is 2. The quantitative estimate of drug-likeness (QED) is 0.789. The van der Waals surface area contributed by atoms with Crippen LogP contribution in [0.15, 0.2) is 12.1 Å². The van der Waals surface area contributed by atoms with Gasteiger partial charge >= 0.3 is 0 Å². The van der Waals surface area contributed by atoms with Crippen molar-refractivity contribution in [1.82, 2.24) is 9.80 Å². The minimum Gasteiger partial charge on any atom is -0.502 e. The number of hydrogen-bond donors (Lipinski definition) is 2. The van der Waals surface area contributed by atoms with Crippen molar-refractivity contribution in [2.24, 2.45) is 0 Å². The molecule has 1 aromatic rings.